The molecule has 0 aliphatic carbocycles. The SMILES string of the molecule is CC(C)(C)[SiH]([SiH3])C(C)(C)C. The van der Waals surface area contributed by atoms with E-state index in [1.54, 1.807) is 0 Å². The highest BCUT2D eigenvalue weighted by Crippen LogP contribution is 2.39. The van der Waals surface area contributed by atoms with Crippen molar-refractivity contribution in [3.8, 4) is 0 Å². The molecule has 0 aromatic rings. The molecule has 0 radical (unpaired) electrons. The third-order valence-electron chi connectivity index (χ3n) is 2.60. The van der Waals surface area contributed by atoms with Crippen LogP contribution >= 0.6 is 0 Å². The fourth-order valence-electron chi connectivity index (χ4n) is 1.30. The average Bonchev–Trinajstić information content (AvgIpc) is 1.59. The standard InChI is InChI=1S/C8H22Si2/c1-7(2,3)10(9)8(4,5)6/h10H,1-6,9H3. The van der Waals surface area contributed by atoms with Gasteiger partial charge in [-0.1, -0.05) is 41.5 Å². The van der Waals surface area contributed by atoms with E-state index in [9.17, 15) is 0 Å². The maximum atomic E-state index is 2.40. The van der Waals surface area contributed by atoms with E-state index in [1.807, 2.05) is 0 Å². The minimum absolute atomic E-state index is 0.440. The van der Waals surface area contributed by atoms with Crippen LogP contribution in [0.5, 0.6) is 0 Å². The lowest BCUT2D eigenvalue weighted by Gasteiger charge is -2.36. The predicted octanol–water partition coefficient (Wildman–Crippen LogP) is 1.68. The first-order valence-corrected chi connectivity index (χ1v) is 9.93. The summed E-state index contributed by atoms with van der Waals surface area (Å²) in [7, 11) is 1.01. The molecule has 0 unspecified atom stereocenters. The normalized spacial score (nSPS) is 14.7. The second-order valence-electron chi connectivity index (χ2n) is 5.45. The molecule has 2 heteroatoms. The minimum atomic E-state index is -0.440. The summed E-state index contributed by atoms with van der Waals surface area (Å²) in [4.78, 5) is 0. The van der Waals surface area contributed by atoms with Crippen molar-refractivity contribution in [1.29, 1.82) is 0 Å². The monoisotopic (exact) mass is 174 g/mol. The van der Waals surface area contributed by atoms with Crippen LogP contribution < -0.4 is 0 Å². The summed E-state index contributed by atoms with van der Waals surface area (Å²) >= 11 is 0. The third-order valence-corrected chi connectivity index (χ3v) is 18.2. The first-order valence-electron chi connectivity index (χ1n) is 4.15. The quantitative estimate of drug-likeness (QED) is 0.490. The van der Waals surface area contributed by atoms with E-state index in [0.29, 0.717) is 10.1 Å². The highest BCUT2D eigenvalue weighted by Gasteiger charge is 2.31. The third kappa shape index (κ3) is 3.01. The van der Waals surface area contributed by atoms with Gasteiger partial charge in [-0.2, -0.15) is 0 Å². The van der Waals surface area contributed by atoms with Gasteiger partial charge in [-0.25, -0.2) is 0 Å². The average molecular weight is 174 g/mol. The predicted molar refractivity (Wildman–Crippen MR) is 56.5 cm³/mol. The fourth-order valence-corrected chi connectivity index (χ4v) is 3.90. The zero-order valence-corrected chi connectivity index (χ0v) is 11.7. The zero-order valence-electron chi connectivity index (χ0n) is 8.58. The van der Waals surface area contributed by atoms with Crippen LogP contribution in [0.1, 0.15) is 41.5 Å². The van der Waals surface area contributed by atoms with Gasteiger partial charge in [-0.05, 0) is 19.8 Å². The Bertz CT molecular complexity index is 91.4. The van der Waals surface area contributed by atoms with E-state index in [1.165, 1.54) is 9.76 Å². The molecule has 0 fully saturated rings. The summed E-state index contributed by atoms with van der Waals surface area (Å²) in [5.41, 5.74) is 0. The van der Waals surface area contributed by atoms with E-state index in [-0.39, 0.29) is 0 Å². The van der Waals surface area contributed by atoms with Gasteiger partial charge in [-0.3, -0.25) is 0 Å². The number of hydrogen-bond donors (Lipinski definition) is 0. The Hall–Kier alpha value is 0.434. The Kier molecular flexibility index (Phi) is 2.94. The molecule has 0 atom stereocenters. The molecule has 0 nitrogen and oxygen atoms in total. The largest absolute Gasteiger partial charge is 0.0631 e. The summed E-state index contributed by atoms with van der Waals surface area (Å²) in [5.74, 6) is 0. The molecule has 0 bridgehead atoms. The summed E-state index contributed by atoms with van der Waals surface area (Å²) in [6.45, 7) is 14.4. The summed E-state index contributed by atoms with van der Waals surface area (Å²) < 4.78 is 0. The van der Waals surface area contributed by atoms with E-state index >= 15 is 0 Å². The van der Waals surface area contributed by atoms with Crippen molar-refractivity contribution in [2.45, 2.75) is 51.6 Å². The van der Waals surface area contributed by atoms with Crippen molar-refractivity contribution in [3.05, 3.63) is 0 Å². The van der Waals surface area contributed by atoms with Gasteiger partial charge in [0, 0.05) is 8.31 Å². The van der Waals surface area contributed by atoms with Crippen LogP contribution in [0.4, 0.5) is 0 Å². The van der Waals surface area contributed by atoms with Gasteiger partial charge in [0.15, 0.2) is 0 Å². The lowest BCUT2D eigenvalue weighted by atomic mass is 10.2. The van der Waals surface area contributed by atoms with E-state index < -0.39 is 8.31 Å². The second-order valence-corrected chi connectivity index (χ2v) is 13.8. The Morgan fingerprint density at radius 2 is 1.00 bits per heavy atom. The van der Waals surface area contributed by atoms with Gasteiger partial charge in [0.2, 0.25) is 0 Å². The van der Waals surface area contributed by atoms with Gasteiger partial charge in [0.05, 0.1) is 0 Å². The molecule has 10 heavy (non-hydrogen) atoms. The maximum Gasteiger partial charge on any atom is 0.0320 e. The lowest BCUT2D eigenvalue weighted by Crippen LogP contribution is -2.35. The molecule has 0 saturated carbocycles. The Morgan fingerprint density at radius 3 is 1.00 bits per heavy atom. The van der Waals surface area contributed by atoms with Gasteiger partial charge in [0.1, 0.15) is 0 Å². The molecule has 0 amide bonds. The molecule has 0 aromatic carbocycles. The Labute approximate surface area is 70.2 Å². The molecular formula is C8H22Si2. The molecule has 0 aromatic heterocycles. The summed E-state index contributed by atoms with van der Waals surface area (Å²) in [5, 5.41) is 1.29. The zero-order chi connectivity index (χ0) is 8.58. The molecule has 0 heterocycles. The lowest BCUT2D eigenvalue weighted by molar-refractivity contribution is 0.660. The summed E-state index contributed by atoms with van der Waals surface area (Å²) in [6.07, 6.45) is 0. The van der Waals surface area contributed by atoms with Gasteiger partial charge in [-0.15, -0.1) is 0 Å². The van der Waals surface area contributed by atoms with Crippen LogP contribution in [-0.2, 0) is 0 Å². The number of hydrogen-bond acceptors (Lipinski definition) is 0. The molecule has 0 aliphatic rings. The highest BCUT2D eigenvalue weighted by molar-refractivity contribution is 7.06. The smallest absolute Gasteiger partial charge is 0.0320 e. The minimum Gasteiger partial charge on any atom is -0.0631 e. The Morgan fingerprint density at radius 1 is 0.800 bits per heavy atom. The van der Waals surface area contributed by atoms with Crippen molar-refractivity contribution in [3.63, 3.8) is 0 Å². The maximum absolute atomic E-state index is 2.40. The van der Waals surface area contributed by atoms with Crippen LogP contribution in [0.25, 0.3) is 0 Å². The second kappa shape index (κ2) is 2.82. The molecular weight excluding hydrogens is 152 g/mol. The van der Waals surface area contributed by atoms with Gasteiger partial charge < -0.3 is 0 Å². The molecule has 0 aliphatic heterocycles. The van der Waals surface area contributed by atoms with Crippen molar-refractivity contribution in [2.75, 3.05) is 0 Å². The van der Waals surface area contributed by atoms with E-state index in [4.69, 9.17) is 0 Å². The molecule has 62 valence electrons. The van der Waals surface area contributed by atoms with Crippen molar-refractivity contribution in [1.82, 2.24) is 0 Å². The topological polar surface area (TPSA) is 0 Å². The van der Waals surface area contributed by atoms with Crippen molar-refractivity contribution in [2.24, 2.45) is 0 Å². The van der Waals surface area contributed by atoms with Crippen LogP contribution in [0.2, 0.25) is 10.1 Å². The molecule has 0 rings (SSSR count). The van der Waals surface area contributed by atoms with Crippen LogP contribution in [-0.4, -0.2) is 18.1 Å². The fraction of sp³-hybridized carbons (Fsp3) is 1.00. The van der Waals surface area contributed by atoms with Gasteiger partial charge >= 0.3 is 0 Å². The first kappa shape index (κ1) is 10.4. The molecule has 0 saturated heterocycles. The summed E-state index contributed by atoms with van der Waals surface area (Å²) in [6, 6.07) is 0. The molecule has 0 spiro atoms. The molecule has 0 N–H and O–H groups in total. The van der Waals surface area contributed by atoms with Gasteiger partial charge in [0.25, 0.3) is 0 Å². The van der Waals surface area contributed by atoms with Crippen LogP contribution in [0, 0.1) is 0 Å². The highest BCUT2D eigenvalue weighted by atomic mass is 29.1. The first-order chi connectivity index (χ1) is 4.15. The van der Waals surface area contributed by atoms with E-state index in [0.717, 1.165) is 0 Å². The van der Waals surface area contributed by atoms with Crippen LogP contribution in [0.15, 0.2) is 0 Å². The van der Waals surface area contributed by atoms with Crippen molar-refractivity contribution >= 4 is 18.1 Å². The van der Waals surface area contributed by atoms with Crippen LogP contribution in [0.3, 0.4) is 0 Å². The Balaban J connectivity index is 4.23. The van der Waals surface area contributed by atoms with Crippen molar-refractivity contribution < 1.29 is 0 Å². The van der Waals surface area contributed by atoms with E-state index in [2.05, 4.69) is 41.5 Å². The number of rotatable bonds is 0.